The van der Waals surface area contributed by atoms with Crippen LogP contribution in [0.15, 0.2) is 17.4 Å². The van der Waals surface area contributed by atoms with Gasteiger partial charge in [-0.2, -0.15) is 10.2 Å². The zero-order valence-electron chi connectivity index (χ0n) is 18.5. The van der Waals surface area contributed by atoms with Crippen molar-refractivity contribution in [2.45, 2.75) is 45.0 Å². The Hall–Kier alpha value is -1.73. The molecule has 0 aliphatic carbocycles. The molecule has 0 amide bonds. The number of fused-ring (bicyclic) bond motifs is 1. The lowest BCUT2D eigenvalue weighted by molar-refractivity contribution is 0.177. The third-order valence-corrected chi connectivity index (χ3v) is 5.02. The van der Waals surface area contributed by atoms with E-state index in [1.165, 1.54) is 0 Å². The van der Waals surface area contributed by atoms with E-state index < -0.39 is 0 Å². The summed E-state index contributed by atoms with van der Waals surface area (Å²) in [5, 5.41) is 15.8. The SMILES string of the molecule is CCNC(=NCC(c1cnn(C)c1)N(C)C)NC1CCc2nc(COC)nn2C1.I. The van der Waals surface area contributed by atoms with Crippen molar-refractivity contribution < 1.29 is 4.74 Å². The van der Waals surface area contributed by atoms with E-state index >= 15 is 0 Å². The maximum absolute atomic E-state index is 5.15. The predicted octanol–water partition coefficient (Wildman–Crippen LogP) is 0.949. The molecule has 3 rings (SSSR count). The molecule has 0 bridgehead atoms. The lowest BCUT2D eigenvalue weighted by Crippen LogP contribution is -2.47. The number of nitrogens with one attached hydrogen (secondary N) is 2. The summed E-state index contributed by atoms with van der Waals surface area (Å²) in [6.07, 6.45) is 5.84. The number of guanidine groups is 1. The Morgan fingerprint density at radius 3 is 2.87 bits per heavy atom. The first-order valence-electron chi connectivity index (χ1n) is 10.1. The minimum absolute atomic E-state index is 0. The Morgan fingerprint density at radius 2 is 2.23 bits per heavy atom. The Morgan fingerprint density at radius 1 is 1.43 bits per heavy atom. The molecule has 11 heteroatoms. The average Bonchev–Trinajstić information content (AvgIpc) is 3.27. The largest absolute Gasteiger partial charge is 0.377 e. The fourth-order valence-electron chi connectivity index (χ4n) is 3.54. The third-order valence-electron chi connectivity index (χ3n) is 5.02. The summed E-state index contributed by atoms with van der Waals surface area (Å²) in [6.45, 7) is 4.76. The first-order chi connectivity index (χ1) is 14.0. The number of hydrogen-bond donors (Lipinski definition) is 2. The molecule has 2 unspecified atom stereocenters. The van der Waals surface area contributed by atoms with Crippen LogP contribution in [-0.4, -0.2) is 75.7 Å². The van der Waals surface area contributed by atoms with Gasteiger partial charge in [0.2, 0.25) is 0 Å². The summed E-state index contributed by atoms with van der Waals surface area (Å²) in [6, 6.07) is 0.428. The molecule has 10 nitrogen and oxygen atoms in total. The van der Waals surface area contributed by atoms with E-state index in [9.17, 15) is 0 Å². The van der Waals surface area contributed by atoms with Gasteiger partial charge in [0.25, 0.3) is 0 Å². The average molecular weight is 531 g/mol. The molecule has 2 aromatic rings. The van der Waals surface area contributed by atoms with Crippen molar-refractivity contribution in [1.29, 1.82) is 0 Å². The monoisotopic (exact) mass is 531 g/mol. The van der Waals surface area contributed by atoms with Crippen LogP contribution in [0.1, 0.15) is 36.6 Å². The number of methoxy groups -OCH3 is 1. The molecule has 0 fully saturated rings. The van der Waals surface area contributed by atoms with E-state index in [1.807, 2.05) is 28.8 Å². The van der Waals surface area contributed by atoms with Gasteiger partial charge in [-0.3, -0.25) is 9.67 Å². The van der Waals surface area contributed by atoms with Crippen LogP contribution in [0.25, 0.3) is 0 Å². The standard InChI is InChI=1S/C19H33N9O.HI/c1-6-20-19(21-10-16(26(2)3)14-9-22-27(4)11-14)23-15-7-8-18-24-17(13-29-5)25-28(18)12-15;/h9,11,15-16H,6-8,10,12-13H2,1-5H3,(H2,20,21,23);1H. The number of halogens is 1. The number of aliphatic imine (C=N–C) groups is 1. The van der Waals surface area contributed by atoms with E-state index in [1.54, 1.807) is 7.11 Å². The second-order valence-corrected chi connectivity index (χ2v) is 7.59. The highest BCUT2D eigenvalue weighted by Gasteiger charge is 2.23. The number of hydrogen-bond acceptors (Lipinski definition) is 6. The Bertz CT molecular complexity index is 817. The normalized spacial score (nSPS) is 17.4. The highest BCUT2D eigenvalue weighted by atomic mass is 127. The van der Waals surface area contributed by atoms with Crippen molar-refractivity contribution in [3.8, 4) is 0 Å². The lowest BCUT2D eigenvalue weighted by atomic mass is 10.1. The van der Waals surface area contributed by atoms with Gasteiger partial charge in [0, 0.05) is 44.9 Å². The maximum atomic E-state index is 5.15. The van der Waals surface area contributed by atoms with Crippen LogP contribution in [0.4, 0.5) is 0 Å². The van der Waals surface area contributed by atoms with E-state index in [-0.39, 0.29) is 36.1 Å². The summed E-state index contributed by atoms with van der Waals surface area (Å²) in [5.41, 5.74) is 1.16. The van der Waals surface area contributed by atoms with Crippen molar-refractivity contribution >= 4 is 29.9 Å². The minimum Gasteiger partial charge on any atom is -0.377 e. The van der Waals surface area contributed by atoms with Crippen LogP contribution < -0.4 is 10.6 Å². The molecule has 0 saturated heterocycles. The van der Waals surface area contributed by atoms with Crippen LogP contribution in [0.2, 0.25) is 0 Å². The van der Waals surface area contributed by atoms with Gasteiger partial charge < -0.3 is 20.3 Å². The van der Waals surface area contributed by atoms with E-state index in [2.05, 4.69) is 51.7 Å². The zero-order valence-corrected chi connectivity index (χ0v) is 20.8. The quantitative estimate of drug-likeness (QED) is 0.298. The molecule has 2 aromatic heterocycles. The number of rotatable bonds is 8. The Kier molecular flexibility index (Phi) is 9.49. The van der Waals surface area contributed by atoms with Gasteiger partial charge in [0.1, 0.15) is 12.4 Å². The number of aromatic nitrogens is 5. The van der Waals surface area contributed by atoms with E-state index in [4.69, 9.17) is 9.73 Å². The predicted molar refractivity (Wildman–Crippen MR) is 127 cm³/mol. The van der Waals surface area contributed by atoms with Crippen LogP contribution in [0.3, 0.4) is 0 Å². The molecular formula is C19H34IN9O. The van der Waals surface area contributed by atoms with Crippen molar-refractivity contribution in [2.24, 2.45) is 12.0 Å². The first kappa shape index (κ1) is 24.5. The molecule has 168 valence electrons. The number of likely N-dealkylation sites (N-methyl/N-ethyl adjacent to an activating group) is 1. The van der Waals surface area contributed by atoms with Crippen molar-refractivity contribution in [3.63, 3.8) is 0 Å². The topological polar surface area (TPSA) is 97.4 Å². The van der Waals surface area contributed by atoms with Crippen LogP contribution in [-0.2, 0) is 31.4 Å². The summed E-state index contributed by atoms with van der Waals surface area (Å²) in [5.74, 6) is 2.60. The highest BCUT2D eigenvalue weighted by molar-refractivity contribution is 14.0. The van der Waals surface area contributed by atoms with Gasteiger partial charge >= 0.3 is 0 Å². The van der Waals surface area contributed by atoms with Crippen molar-refractivity contribution in [2.75, 3.05) is 34.3 Å². The Labute approximate surface area is 195 Å². The van der Waals surface area contributed by atoms with E-state index in [0.717, 1.165) is 49.1 Å². The van der Waals surface area contributed by atoms with Gasteiger partial charge in [0.05, 0.1) is 25.3 Å². The molecule has 30 heavy (non-hydrogen) atoms. The van der Waals surface area contributed by atoms with Crippen LogP contribution in [0.5, 0.6) is 0 Å². The minimum atomic E-state index is 0. The van der Waals surface area contributed by atoms with Crippen LogP contribution >= 0.6 is 24.0 Å². The maximum Gasteiger partial charge on any atom is 0.191 e. The zero-order chi connectivity index (χ0) is 20.8. The molecule has 2 atom stereocenters. The first-order valence-corrected chi connectivity index (χ1v) is 10.1. The summed E-state index contributed by atoms with van der Waals surface area (Å²) in [4.78, 5) is 11.6. The van der Waals surface area contributed by atoms with Gasteiger partial charge in [-0.05, 0) is 27.4 Å². The second-order valence-electron chi connectivity index (χ2n) is 7.59. The van der Waals surface area contributed by atoms with Gasteiger partial charge in [-0.1, -0.05) is 0 Å². The van der Waals surface area contributed by atoms with Crippen molar-refractivity contribution in [3.05, 3.63) is 29.6 Å². The fourth-order valence-corrected chi connectivity index (χ4v) is 3.54. The summed E-state index contributed by atoms with van der Waals surface area (Å²) in [7, 11) is 7.73. The Balaban J connectivity index is 0.00000320. The molecule has 1 aliphatic heterocycles. The second kappa shape index (κ2) is 11.6. The fraction of sp³-hybridized carbons (Fsp3) is 0.684. The third kappa shape index (κ3) is 6.38. The molecule has 0 saturated carbocycles. The smallest absolute Gasteiger partial charge is 0.191 e. The highest BCUT2D eigenvalue weighted by Crippen LogP contribution is 2.18. The van der Waals surface area contributed by atoms with E-state index in [0.29, 0.717) is 13.2 Å². The van der Waals surface area contributed by atoms with Gasteiger partial charge in [-0.15, -0.1) is 24.0 Å². The molecule has 0 radical (unpaired) electrons. The molecule has 3 heterocycles. The van der Waals surface area contributed by atoms with Crippen LogP contribution in [0, 0.1) is 0 Å². The number of nitrogens with zero attached hydrogens (tertiary/aromatic N) is 7. The lowest BCUT2D eigenvalue weighted by Gasteiger charge is -2.26. The van der Waals surface area contributed by atoms with Gasteiger partial charge in [0.15, 0.2) is 11.8 Å². The summed E-state index contributed by atoms with van der Waals surface area (Å²) >= 11 is 0. The molecule has 0 aromatic carbocycles. The summed E-state index contributed by atoms with van der Waals surface area (Å²) < 4.78 is 8.96. The molecule has 1 aliphatic rings. The molecule has 0 spiro atoms. The molecule has 2 N–H and O–H groups in total. The number of aryl methyl sites for hydroxylation is 2. The van der Waals surface area contributed by atoms with Crippen molar-refractivity contribution in [1.82, 2.24) is 40.1 Å². The van der Waals surface area contributed by atoms with Gasteiger partial charge in [-0.25, -0.2) is 9.67 Å². The molecular weight excluding hydrogens is 497 g/mol. The number of ether oxygens (including phenoxy) is 1.